The van der Waals surface area contributed by atoms with Crippen LogP contribution in [-0.4, -0.2) is 32.2 Å². The largest absolute Gasteiger partial charge is 0.465 e. The van der Waals surface area contributed by atoms with Crippen molar-refractivity contribution in [2.24, 2.45) is 5.92 Å². The van der Waals surface area contributed by atoms with Gasteiger partial charge in [0.25, 0.3) is 0 Å². The Morgan fingerprint density at radius 2 is 1.86 bits per heavy atom. The summed E-state index contributed by atoms with van der Waals surface area (Å²) in [5, 5.41) is 0. The van der Waals surface area contributed by atoms with Crippen LogP contribution < -0.4 is 0 Å². The van der Waals surface area contributed by atoms with Gasteiger partial charge in [0.05, 0.1) is 41.0 Å². The second-order valence-electron chi connectivity index (χ2n) is 9.23. The Bertz CT molecular complexity index is 1490. The van der Waals surface area contributed by atoms with Crippen molar-refractivity contribution >= 4 is 28.0 Å². The number of hydrogen-bond acceptors (Lipinski definition) is 5. The van der Waals surface area contributed by atoms with Gasteiger partial charge in [0.2, 0.25) is 0 Å². The van der Waals surface area contributed by atoms with Crippen LogP contribution in [0.15, 0.2) is 59.2 Å². The highest BCUT2D eigenvalue weighted by atomic mass is 16.5. The number of carbonyl (C=O) groups is 1. The van der Waals surface area contributed by atoms with Crippen molar-refractivity contribution in [2.45, 2.75) is 46.7 Å². The third-order valence-corrected chi connectivity index (χ3v) is 6.20. The topological polar surface area (TPSA) is 75.1 Å². The number of para-hydroxylation sites is 1. The van der Waals surface area contributed by atoms with Gasteiger partial charge in [0.1, 0.15) is 5.82 Å². The first kappa shape index (κ1) is 22.9. The first-order valence-corrected chi connectivity index (χ1v) is 12.1. The molecule has 0 unspecified atom stereocenters. The number of fused-ring (bicyclic) bond motifs is 2. The number of rotatable bonds is 8. The molecule has 2 aromatic carbocycles. The summed E-state index contributed by atoms with van der Waals surface area (Å²) in [5.74, 6) is 2.49. The lowest BCUT2D eigenvalue weighted by molar-refractivity contribution is 0.0601. The number of ether oxygens (including phenoxy) is 1. The summed E-state index contributed by atoms with van der Waals surface area (Å²) in [6, 6.07) is 15.6. The molecule has 0 aliphatic carbocycles. The van der Waals surface area contributed by atoms with Crippen molar-refractivity contribution in [1.82, 2.24) is 19.1 Å². The number of hydrogen-bond donors (Lipinski definition) is 0. The molecule has 3 heterocycles. The number of aromatic nitrogens is 4. The van der Waals surface area contributed by atoms with Crippen molar-refractivity contribution in [3.8, 4) is 23.0 Å². The number of benzene rings is 2. The van der Waals surface area contributed by atoms with Crippen molar-refractivity contribution in [1.29, 1.82) is 0 Å². The third kappa shape index (κ3) is 4.11. The fraction of sp³-hybridized carbons (Fsp3) is 0.321. The number of esters is 1. The van der Waals surface area contributed by atoms with Crippen LogP contribution in [0, 0.1) is 5.92 Å². The van der Waals surface area contributed by atoms with Gasteiger partial charge in [0.15, 0.2) is 11.6 Å². The lowest BCUT2D eigenvalue weighted by Crippen LogP contribution is -2.08. The molecule has 7 heteroatoms. The maximum atomic E-state index is 12.2. The lowest BCUT2D eigenvalue weighted by Gasteiger charge is -2.14. The molecule has 7 nitrogen and oxygen atoms in total. The van der Waals surface area contributed by atoms with Crippen molar-refractivity contribution < 1.29 is 13.9 Å². The second kappa shape index (κ2) is 9.41. The minimum absolute atomic E-state index is 0.366. The zero-order valence-electron chi connectivity index (χ0n) is 20.6. The summed E-state index contributed by atoms with van der Waals surface area (Å²) in [5.41, 5.74) is 5.22. The second-order valence-corrected chi connectivity index (χ2v) is 9.23. The number of imidazole rings is 2. The molecule has 5 rings (SSSR count). The average molecular weight is 471 g/mol. The van der Waals surface area contributed by atoms with E-state index in [0.29, 0.717) is 11.5 Å². The number of furan rings is 1. The first-order valence-electron chi connectivity index (χ1n) is 12.1. The summed E-state index contributed by atoms with van der Waals surface area (Å²) in [7, 11) is 1.39. The number of unbranched alkanes of at least 4 members (excludes halogenated alkanes) is 1. The Morgan fingerprint density at radius 3 is 2.57 bits per heavy atom. The van der Waals surface area contributed by atoms with Gasteiger partial charge in [0, 0.05) is 18.7 Å². The van der Waals surface area contributed by atoms with Gasteiger partial charge in [-0.3, -0.25) is 0 Å². The minimum atomic E-state index is -0.366. The molecule has 0 spiro atoms. The van der Waals surface area contributed by atoms with Crippen LogP contribution >= 0.6 is 0 Å². The molecule has 0 fully saturated rings. The van der Waals surface area contributed by atoms with Gasteiger partial charge in [-0.1, -0.05) is 33.3 Å². The highest BCUT2D eigenvalue weighted by molar-refractivity contribution is 5.97. The molecular weight excluding hydrogens is 440 g/mol. The molecule has 0 atom stereocenters. The third-order valence-electron chi connectivity index (χ3n) is 6.20. The smallest absolute Gasteiger partial charge is 0.337 e. The molecule has 5 aromatic rings. The van der Waals surface area contributed by atoms with E-state index in [-0.39, 0.29) is 5.97 Å². The molecule has 0 saturated carbocycles. The zero-order valence-corrected chi connectivity index (χ0v) is 20.6. The van der Waals surface area contributed by atoms with E-state index in [9.17, 15) is 4.79 Å². The minimum Gasteiger partial charge on any atom is -0.465 e. The molecule has 3 aromatic heterocycles. The predicted molar refractivity (Wildman–Crippen MR) is 137 cm³/mol. The number of carbonyl (C=O) groups excluding carboxylic acids is 1. The van der Waals surface area contributed by atoms with Gasteiger partial charge in [-0.25, -0.2) is 14.8 Å². The normalized spacial score (nSPS) is 11.7. The lowest BCUT2D eigenvalue weighted by atomic mass is 10.1. The summed E-state index contributed by atoms with van der Waals surface area (Å²) in [4.78, 5) is 22.2. The summed E-state index contributed by atoms with van der Waals surface area (Å²) < 4.78 is 15.2. The predicted octanol–water partition coefficient (Wildman–Crippen LogP) is 6.56. The fourth-order valence-corrected chi connectivity index (χ4v) is 4.62. The fourth-order valence-electron chi connectivity index (χ4n) is 4.62. The van der Waals surface area contributed by atoms with Crippen LogP contribution in [0.1, 0.15) is 44.0 Å². The van der Waals surface area contributed by atoms with E-state index in [1.807, 2.05) is 36.4 Å². The monoisotopic (exact) mass is 470 g/mol. The molecule has 0 aliphatic heterocycles. The first-order chi connectivity index (χ1) is 17.0. The summed E-state index contributed by atoms with van der Waals surface area (Å²) in [6.07, 6.45) is 3.78. The van der Waals surface area contributed by atoms with Crippen LogP contribution in [0.3, 0.4) is 0 Å². The average Bonchev–Trinajstić information content (AvgIpc) is 3.59. The Labute approximate surface area is 204 Å². The van der Waals surface area contributed by atoms with Crippen LogP contribution in [0.5, 0.6) is 0 Å². The van der Waals surface area contributed by atoms with Crippen molar-refractivity contribution in [2.75, 3.05) is 7.11 Å². The molecule has 0 bridgehead atoms. The van der Waals surface area contributed by atoms with Crippen LogP contribution in [0.2, 0.25) is 0 Å². The van der Waals surface area contributed by atoms with E-state index in [1.165, 1.54) is 7.11 Å². The Hall–Kier alpha value is -3.87. The van der Waals surface area contributed by atoms with Crippen molar-refractivity contribution in [3.05, 3.63) is 60.4 Å². The quantitative estimate of drug-likeness (QED) is 0.240. The molecule has 0 N–H and O–H groups in total. The van der Waals surface area contributed by atoms with E-state index < -0.39 is 0 Å². The van der Waals surface area contributed by atoms with Gasteiger partial charge in [-0.15, -0.1) is 0 Å². The molecule has 180 valence electrons. The van der Waals surface area contributed by atoms with Gasteiger partial charge >= 0.3 is 5.97 Å². The van der Waals surface area contributed by atoms with Crippen molar-refractivity contribution in [3.63, 3.8) is 0 Å². The molecule has 35 heavy (non-hydrogen) atoms. The van der Waals surface area contributed by atoms with Gasteiger partial charge < -0.3 is 18.3 Å². The van der Waals surface area contributed by atoms with E-state index in [1.54, 1.807) is 12.3 Å². The highest BCUT2D eigenvalue weighted by Crippen LogP contribution is 2.35. The zero-order chi connectivity index (χ0) is 24.5. The van der Waals surface area contributed by atoms with Gasteiger partial charge in [-0.2, -0.15) is 0 Å². The molecular formula is C28H30N4O3. The molecule has 0 aliphatic rings. The maximum Gasteiger partial charge on any atom is 0.337 e. The maximum absolute atomic E-state index is 12.2. The van der Waals surface area contributed by atoms with Crippen LogP contribution in [0.4, 0.5) is 0 Å². The summed E-state index contributed by atoms with van der Waals surface area (Å²) >= 11 is 0. The molecule has 0 amide bonds. The highest BCUT2D eigenvalue weighted by Gasteiger charge is 2.22. The van der Waals surface area contributed by atoms with E-state index in [2.05, 4.69) is 36.0 Å². The van der Waals surface area contributed by atoms with Crippen LogP contribution in [-0.2, 0) is 17.8 Å². The SMILES string of the molecule is CCCCn1c(-c2ccco2)nc2cccc(-c3nc4cc(C(=O)OC)ccc4n3CC(C)C)c21. The van der Waals surface area contributed by atoms with E-state index >= 15 is 0 Å². The Balaban J connectivity index is 1.78. The Morgan fingerprint density at radius 1 is 1.03 bits per heavy atom. The summed E-state index contributed by atoms with van der Waals surface area (Å²) in [6.45, 7) is 8.21. The molecule has 0 radical (unpaired) electrons. The Kier molecular flexibility index (Phi) is 6.16. The standard InChI is InChI=1S/C28H30N4O3/c1-5-6-14-31-25-20(9-7-10-21(25)29-27(31)24-11-8-15-35-24)26-30-22-16-19(28(33)34-4)12-13-23(22)32(26)17-18(2)3/h7-13,15-16,18H,5-6,14,17H2,1-4H3. The number of aryl methyl sites for hydroxylation is 1. The molecule has 0 saturated heterocycles. The van der Waals surface area contributed by atoms with E-state index in [0.717, 1.165) is 71.0 Å². The van der Waals surface area contributed by atoms with E-state index in [4.69, 9.17) is 19.1 Å². The van der Waals surface area contributed by atoms with Crippen LogP contribution in [0.25, 0.3) is 45.0 Å². The van der Waals surface area contributed by atoms with Gasteiger partial charge in [-0.05, 0) is 54.8 Å². The number of nitrogens with zero attached hydrogens (tertiary/aromatic N) is 4. The number of methoxy groups -OCH3 is 1.